The summed E-state index contributed by atoms with van der Waals surface area (Å²) < 4.78 is 5.47. The van der Waals surface area contributed by atoms with Crippen molar-refractivity contribution in [2.45, 2.75) is 0 Å². The summed E-state index contributed by atoms with van der Waals surface area (Å²) in [5, 5.41) is 3.65. The van der Waals surface area contributed by atoms with Gasteiger partial charge in [0.1, 0.15) is 5.58 Å². The van der Waals surface area contributed by atoms with Gasteiger partial charge in [-0.15, -0.1) is 6.58 Å². The standard InChI is InChI=1S/C14H16N2O2S/c1-2-6-19-7-5-16-14(17)13-9-10-8-11(15)3-4-12(10)18-13/h2-4,8-9H,1,5-7,15H2,(H,16,17). The third kappa shape index (κ3) is 3.54. The molecule has 0 aliphatic rings. The van der Waals surface area contributed by atoms with Gasteiger partial charge >= 0.3 is 0 Å². The maximum atomic E-state index is 11.9. The molecule has 3 N–H and O–H groups in total. The summed E-state index contributed by atoms with van der Waals surface area (Å²) in [6.45, 7) is 4.25. The Labute approximate surface area is 116 Å². The number of hydrogen-bond donors (Lipinski definition) is 2. The minimum absolute atomic E-state index is 0.200. The minimum atomic E-state index is -0.200. The first-order valence-electron chi connectivity index (χ1n) is 5.96. The van der Waals surface area contributed by atoms with Crippen molar-refractivity contribution in [1.29, 1.82) is 0 Å². The number of anilines is 1. The second-order valence-electron chi connectivity index (χ2n) is 4.03. The Morgan fingerprint density at radius 1 is 1.47 bits per heavy atom. The van der Waals surface area contributed by atoms with E-state index in [9.17, 15) is 4.79 Å². The Balaban J connectivity index is 1.95. The summed E-state index contributed by atoms with van der Waals surface area (Å²) in [5.74, 6) is 1.85. The van der Waals surface area contributed by atoms with Crippen molar-refractivity contribution in [1.82, 2.24) is 5.32 Å². The molecule has 0 aliphatic heterocycles. The smallest absolute Gasteiger partial charge is 0.287 e. The predicted octanol–water partition coefficient (Wildman–Crippen LogP) is 2.66. The maximum absolute atomic E-state index is 11.9. The normalized spacial score (nSPS) is 10.5. The molecule has 1 amide bonds. The SMILES string of the molecule is C=CCSCCNC(=O)c1cc2cc(N)ccc2o1. The van der Waals surface area contributed by atoms with Gasteiger partial charge in [0.25, 0.3) is 5.91 Å². The summed E-state index contributed by atoms with van der Waals surface area (Å²) >= 11 is 1.72. The average Bonchev–Trinajstić information content (AvgIpc) is 2.81. The summed E-state index contributed by atoms with van der Waals surface area (Å²) in [5.41, 5.74) is 7.00. The number of nitrogen functional groups attached to an aromatic ring is 1. The Bertz CT molecular complexity index is 592. The van der Waals surface area contributed by atoms with Crippen LogP contribution in [0.3, 0.4) is 0 Å². The van der Waals surface area contributed by atoms with E-state index in [0.717, 1.165) is 16.9 Å². The summed E-state index contributed by atoms with van der Waals surface area (Å²) in [6, 6.07) is 7.01. The Hall–Kier alpha value is -1.88. The highest BCUT2D eigenvalue weighted by Gasteiger charge is 2.11. The molecule has 1 aromatic heterocycles. The number of nitrogens with two attached hydrogens (primary N) is 1. The predicted molar refractivity (Wildman–Crippen MR) is 80.5 cm³/mol. The highest BCUT2D eigenvalue weighted by atomic mass is 32.2. The number of nitrogens with one attached hydrogen (secondary N) is 1. The van der Waals surface area contributed by atoms with Crippen LogP contribution in [-0.4, -0.2) is 24.0 Å². The first-order valence-corrected chi connectivity index (χ1v) is 7.12. The van der Waals surface area contributed by atoms with E-state index in [1.807, 2.05) is 6.08 Å². The van der Waals surface area contributed by atoms with Gasteiger partial charge in [0.2, 0.25) is 0 Å². The van der Waals surface area contributed by atoms with Crippen molar-refractivity contribution in [2.24, 2.45) is 0 Å². The van der Waals surface area contributed by atoms with Gasteiger partial charge in [0.05, 0.1) is 0 Å². The number of rotatable bonds is 6. The summed E-state index contributed by atoms with van der Waals surface area (Å²) in [7, 11) is 0. The monoisotopic (exact) mass is 276 g/mol. The van der Waals surface area contributed by atoms with Crippen molar-refractivity contribution >= 4 is 34.3 Å². The fourth-order valence-corrected chi connectivity index (χ4v) is 2.24. The Morgan fingerprint density at radius 2 is 2.32 bits per heavy atom. The molecule has 5 heteroatoms. The van der Waals surface area contributed by atoms with E-state index in [1.54, 1.807) is 36.0 Å². The third-order valence-electron chi connectivity index (χ3n) is 2.53. The number of furan rings is 1. The van der Waals surface area contributed by atoms with Gasteiger partial charge < -0.3 is 15.5 Å². The quantitative estimate of drug-likeness (QED) is 0.483. The van der Waals surface area contributed by atoms with Gasteiger partial charge in [0.15, 0.2) is 5.76 Å². The first-order chi connectivity index (χ1) is 9.20. The van der Waals surface area contributed by atoms with E-state index in [4.69, 9.17) is 10.2 Å². The zero-order valence-electron chi connectivity index (χ0n) is 10.5. The largest absolute Gasteiger partial charge is 0.451 e. The lowest BCUT2D eigenvalue weighted by Gasteiger charge is -2.01. The number of benzene rings is 1. The molecule has 0 spiro atoms. The number of carbonyl (C=O) groups excluding carboxylic acids is 1. The molecule has 0 saturated carbocycles. The van der Waals surface area contributed by atoms with Gasteiger partial charge in [-0.1, -0.05) is 6.08 Å². The van der Waals surface area contributed by atoms with Crippen molar-refractivity contribution in [2.75, 3.05) is 23.8 Å². The second-order valence-corrected chi connectivity index (χ2v) is 5.18. The zero-order chi connectivity index (χ0) is 13.7. The highest BCUT2D eigenvalue weighted by molar-refractivity contribution is 7.99. The minimum Gasteiger partial charge on any atom is -0.451 e. The molecule has 0 aliphatic carbocycles. The fraction of sp³-hybridized carbons (Fsp3) is 0.214. The van der Waals surface area contributed by atoms with E-state index in [1.165, 1.54) is 0 Å². The molecule has 100 valence electrons. The molecule has 4 nitrogen and oxygen atoms in total. The lowest BCUT2D eigenvalue weighted by Crippen LogP contribution is -2.25. The van der Waals surface area contributed by atoms with Crippen LogP contribution in [0.1, 0.15) is 10.6 Å². The van der Waals surface area contributed by atoms with E-state index in [0.29, 0.717) is 23.6 Å². The van der Waals surface area contributed by atoms with Crippen LogP contribution in [0, 0.1) is 0 Å². The van der Waals surface area contributed by atoms with Crippen molar-refractivity contribution in [3.05, 3.63) is 42.7 Å². The molecule has 2 aromatic rings. The van der Waals surface area contributed by atoms with E-state index < -0.39 is 0 Å². The zero-order valence-corrected chi connectivity index (χ0v) is 11.3. The summed E-state index contributed by atoms with van der Waals surface area (Å²) in [4.78, 5) is 11.9. The van der Waals surface area contributed by atoms with Gasteiger partial charge in [-0.25, -0.2) is 0 Å². The van der Waals surface area contributed by atoms with Crippen molar-refractivity contribution < 1.29 is 9.21 Å². The van der Waals surface area contributed by atoms with Crippen LogP contribution >= 0.6 is 11.8 Å². The topological polar surface area (TPSA) is 68.3 Å². The third-order valence-corrected chi connectivity index (χ3v) is 3.50. The van der Waals surface area contributed by atoms with Crippen LogP contribution in [0.4, 0.5) is 5.69 Å². The molecule has 0 fully saturated rings. The van der Waals surface area contributed by atoms with E-state index in [2.05, 4.69) is 11.9 Å². The van der Waals surface area contributed by atoms with Crippen molar-refractivity contribution in [3.63, 3.8) is 0 Å². The molecule has 1 aromatic carbocycles. The molecule has 0 bridgehead atoms. The second kappa shape index (κ2) is 6.33. The van der Waals surface area contributed by atoms with Crippen LogP contribution in [0.5, 0.6) is 0 Å². The molecule has 0 saturated heterocycles. The van der Waals surface area contributed by atoms with E-state index >= 15 is 0 Å². The van der Waals surface area contributed by atoms with Crippen LogP contribution in [0.25, 0.3) is 11.0 Å². The fourth-order valence-electron chi connectivity index (χ4n) is 1.66. The molecule has 0 unspecified atom stereocenters. The lowest BCUT2D eigenvalue weighted by atomic mass is 10.2. The van der Waals surface area contributed by atoms with Crippen LogP contribution in [0.15, 0.2) is 41.3 Å². The molecule has 0 atom stereocenters. The van der Waals surface area contributed by atoms with Crippen LogP contribution < -0.4 is 11.1 Å². The molecule has 0 radical (unpaired) electrons. The van der Waals surface area contributed by atoms with Gasteiger partial charge in [-0.2, -0.15) is 11.8 Å². The first kappa shape index (κ1) is 13.5. The summed E-state index contributed by atoms with van der Waals surface area (Å²) in [6.07, 6.45) is 1.84. The lowest BCUT2D eigenvalue weighted by molar-refractivity contribution is 0.0930. The Morgan fingerprint density at radius 3 is 3.11 bits per heavy atom. The van der Waals surface area contributed by atoms with Crippen LogP contribution in [0.2, 0.25) is 0 Å². The van der Waals surface area contributed by atoms with Crippen molar-refractivity contribution in [3.8, 4) is 0 Å². The van der Waals surface area contributed by atoms with Gasteiger partial charge in [-0.3, -0.25) is 4.79 Å². The molecule has 19 heavy (non-hydrogen) atoms. The number of thioether (sulfide) groups is 1. The number of amides is 1. The van der Waals surface area contributed by atoms with E-state index in [-0.39, 0.29) is 5.91 Å². The maximum Gasteiger partial charge on any atom is 0.287 e. The van der Waals surface area contributed by atoms with Gasteiger partial charge in [-0.05, 0) is 24.3 Å². The average molecular weight is 276 g/mol. The number of fused-ring (bicyclic) bond motifs is 1. The highest BCUT2D eigenvalue weighted by Crippen LogP contribution is 2.21. The molecule has 1 heterocycles. The Kier molecular flexibility index (Phi) is 4.52. The molecular formula is C14H16N2O2S. The molecule has 2 rings (SSSR count). The molecular weight excluding hydrogens is 260 g/mol. The number of hydrogen-bond acceptors (Lipinski definition) is 4. The van der Waals surface area contributed by atoms with Gasteiger partial charge in [0, 0.05) is 29.1 Å². The van der Waals surface area contributed by atoms with Crippen LogP contribution in [-0.2, 0) is 0 Å². The number of carbonyl (C=O) groups is 1.